The maximum Gasteiger partial charge on any atom is 0.573 e. The van der Waals surface area contributed by atoms with Crippen LogP contribution < -0.4 is 15.4 Å². The Bertz CT molecular complexity index is 2110. The monoisotopic (exact) mass is 880 g/mol. The summed E-state index contributed by atoms with van der Waals surface area (Å²) in [7, 11) is 2.81. The van der Waals surface area contributed by atoms with Crippen molar-refractivity contribution in [2.45, 2.75) is 90.4 Å². The highest BCUT2D eigenvalue weighted by Crippen LogP contribution is 2.47. The molecule has 0 radical (unpaired) electrons. The molecule has 0 bridgehead atoms. The molecule has 3 N–H and O–H groups in total. The molecule has 1 saturated carbocycles. The van der Waals surface area contributed by atoms with Crippen LogP contribution in [0.3, 0.4) is 0 Å². The van der Waals surface area contributed by atoms with Crippen molar-refractivity contribution in [3.8, 4) is 28.1 Å². The lowest BCUT2D eigenvalue weighted by Crippen LogP contribution is -2.57. The lowest BCUT2D eigenvalue weighted by molar-refractivity contribution is -0.274. The number of nitrogens with one attached hydrogen (secondary N) is 3. The van der Waals surface area contributed by atoms with Crippen molar-refractivity contribution in [1.82, 2.24) is 34.9 Å². The SMILES string of the molecule is COC(=O)NC(C(=O)N1CC(OC)CC1c1ncc(-c2ccc(-c3ccc(NC(=O)N4CCC(N5CCN(C(=O)C6CCC6(C)C)CC5)CC4)cc3OC(F)(F)F)cc2)[nH]1)C(C)C. The van der Waals surface area contributed by atoms with Crippen LogP contribution in [0.2, 0.25) is 0 Å². The number of rotatable bonds is 11. The van der Waals surface area contributed by atoms with E-state index in [1.807, 2.05) is 18.7 Å². The zero-order chi connectivity index (χ0) is 45.2. The Balaban J connectivity index is 0.975. The van der Waals surface area contributed by atoms with E-state index < -0.39 is 36.3 Å². The highest BCUT2D eigenvalue weighted by molar-refractivity contribution is 5.91. The van der Waals surface area contributed by atoms with Crippen LogP contribution in [0.1, 0.15) is 71.7 Å². The van der Waals surface area contributed by atoms with Gasteiger partial charge in [0.05, 0.1) is 31.1 Å². The Labute approximate surface area is 366 Å². The molecule has 15 nitrogen and oxygen atoms in total. The first-order valence-electron chi connectivity index (χ1n) is 21.8. The van der Waals surface area contributed by atoms with Crippen molar-refractivity contribution in [2.75, 3.05) is 65.3 Å². The highest BCUT2D eigenvalue weighted by atomic mass is 19.4. The number of halogens is 3. The van der Waals surface area contributed by atoms with Crippen LogP contribution in [0.15, 0.2) is 48.7 Å². The summed E-state index contributed by atoms with van der Waals surface area (Å²) in [5.41, 5.74) is 2.18. The number of piperazine rings is 1. The molecule has 7 rings (SSSR count). The van der Waals surface area contributed by atoms with Crippen LogP contribution in [0.5, 0.6) is 5.75 Å². The van der Waals surface area contributed by atoms with Crippen molar-refractivity contribution in [3.05, 3.63) is 54.5 Å². The minimum absolute atomic E-state index is 0.0753. The van der Waals surface area contributed by atoms with Crippen LogP contribution in [-0.2, 0) is 19.1 Å². The molecule has 3 saturated heterocycles. The molecular weight excluding hydrogens is 822 g/mol. The summed E-state index contributed by atoms with van der Waals surface area (Å²) in [5, 5.41) is 5.40. The van der Waals surface area contributed by atoms with Gasteiger partial charge >= 0.3 is 18.5 Å². The van der Waals surface area contributed by atoms with E-state index in [9.17, 15) is 32.3 Å². The van der Waals surface area contributed by atoms with Crippen molar-refractivity contribution in [2.24, 2.45) is 17.3 Å². The van der Waals surface area contributed by atoms with Gasteiger partial charge in [0.25, 0.3) is 0 Å². The number of likely N-dealkylation sites (tertiary alicyclic amines) is 2. The molecule has 4 fully saturated rings. The number of H-pyrrole nitrogens is 1. The molecule has 342 valence electrons. The second-order valence-electron chi connectivity index (χ2n) is 18.1. The van der Waals surface area contributed by atoms with E-state index in [0.29, 0.717) is 61.8 Å². The molecule has 3 aromatic rings. The molecule has 1 aromatic heterocycles. The normalized spacial score (nSPS) is 22.4. The second-order valence-corrected chi connectivity index (χ2v) is 18.1. The van der Waals surface area contributed by atoms with Crippen LogP contribution in [0.4, 0.5) is 28.4 Å². The van der Waals surface area contributed by atoms with Gasteiger partial charge in [-0.3, -0.25) is 14.5 Å². The van der Waals surface area contributed by atoms with E-state index in [-0.39, 0.29) is 52.5 Å². The zero-order valence-corrected chi connectivity index (χ0v) is 36.8. The molecule has 5 amide bonds. The largest absolute Gasteiger partial charge is 0.573 e. The van der Waals surface area contributed by atoms with E-state index in [1.54, 1.807) is 53.4 Å². The number of benzene rings is 2. The minimum Gasteiger partial charge on any atom is -0.453 e. The van der Waals surface area contributed by atoms with Crippen LogP contribution in [0, 0.1) is 17.3 Å². The molecule has 4 unspecified atom stereocenters. The average molecular weight is 881 g/mol. The van der Waals surface area contributed by atoms with E-state index >= 15 is 0 Å². The Morgan fingerprint density at radius 2 is 1.59 bits per heavy atom. The van der Waals surface area contributed by atoms with Gasteiger partial charge in [-0.05, 0) is 60.3 Å². The lowest BCUT2D eigenvalue weighted by atomic mass is 9.62. The minimum atomic E-state index is -4.99. The fourth-order valence-electron chi connectivity index (χ4n) is 9.37. The van der Waals surface area contributed by atoms with Crippen molar-refractivity contribution >= 4 is 29.6 Å². The van der Waals surface area contributed by atoms with E-state index in [0.717, 1.165) is 38.8 Å². The van der Waals surface area contributed by atoms with Gasteiger partial charge in [-0.1, -0.05) is 52.0 Å². The maximum atomic E-state index is 13.8. The van der Waals surface area contributed by atoms with Gasteiger partial charge in [-0.25, -0.2) is 14.6 Å². The average Bonchev–Trinajstić information content (AvgIpc) is 3.93. The third kappa shape index (κ3) is 10.4. The zero-order valence-electron chi connectivity index (χ0n) is 36.8. The number of hydrogen-bond acceptors (Lipinski definition) is 9. The molecule has 2 aromatic carbocycles. The van der Waals surface area contributed by atoms with Gasteiger partial charge in [-0.2, -0.15) is 0 Å². The Morgan fingerprint density at radius 3 is 2.17 bits per heavy atom. The number of aromatic nitrogens is 2. The van der Waals surface area contributed by atoms with Gasteiger partial charge < -0.3 is 44.5 Å². The lowest BCUT2D eigenvalue weighted by Gasteiger charge is -2.48. The van der Waals surface area contributed by atoms with E-state index in [4.69, 9.17) is 9.47 Å². The first kappa shape index (κ1) is 45.7. The van der Waals surface area contributed by atoms with Gasteiger partial charge in [0.2, 0.25) is 11.8 Å². The van der Waals surface area contributed by atoms with Crippen molar-refractivity contribution in [3.63, 3.8) is 0 Å². The third-order valence-corrected chi connectivity index (χ3v) is 13.4. The predicted octanol–water partition coefficient (Wildman–Crippen LogP) is 6.89. The second kappa shape index (κ2) is 18.8. The first-order valence-corrected chi connectivity index (χ1v) is 21.8. The number of amides is 5. The summed E-state index contributed by atoms with van der Waals surface area (Å²) in [6.45, 7) is 12.3. The molecule has 18 heteroatoms. The van der Waals surface area contributed by atoms with E-state index in [1.165, 1.54) is 19.2 Å². The molecule has 0 spiro atoms. The first-order chi connectivity index (χ1) is 29.9. The Hall–Kier alpha value is -5.36. The van der Waals surface area contributed by atoms with E-state index in [2.05, 4.69) is 44.1 Å². The summed E-state index contributed by atoms with van der Waals surface area (Å²) >= 11 is 0. The smallest absolute Gasteiger partial charge is 0.453 e. The number of urea groups is 1. The van der Waals surface area contributed by atoms with Crippen LogP contribution >= 0.6 is 0 Å². The number of ether oxygens (including phenoxy) is 3. The molecule has 1 aliphatic carbocycles. The van der Waals surface area contributed by atoms with Crippen LogP contribution in [-0.4, -0.2) is 138 Å². The van der Waals surface area contributed by atoms with Crippen molar-refractivity contribution < 1.29 is 46.6 Å². The standard InChI is InChI=1S/C45H59F3N8O7/c1-27(2)38(52-43(60)62-6)41(58)56-26-32(61-5)24-36(56)39-49-25-35(51-39)29-9-7-28(8-10-29)33-12-11-30(23-37(33)63-45(46,47)48)50-42(59)55-17-14-31(15-18-55)53-19-21-54(22-20-53)40(57)34-13-16-44(34,3)4/h7-12,23,25,27,31-32,34,36,38H,13-22,24,26H2,1-6H3,(H,49,51)(H,50,59)(H,52,60). The molecule has 4 atom stereocenters. The summed E-state index contributed by atoms with van der Waals surface area (Å²) in [4.78, 5) is 67.9. The van der Waals surface area contributed by atoms with Gasteiger partial charge in [-0.15, -0.1) is 13.2 Å². The number of nitrogens with zero attached hydrogens (tertiary/aromatic N) is 5. The predicted molar refractivity (Wildman–Crippen MR) is 228 cm³/mol. The summed E-state index contributed by atoms with van der Waals surface area (Å²) in [6.07, 6.45) is -0.301. The molecule has 3 aliphatic heterocycles. The number of hydrogen-bond donors (Lipinski definition) is 3. The maximum absolute atomic E-state index is 13.8. The Kier molecular flexibility index (Phi) is 13.6. The number of aromatic amines is 1. The highest BCUT2D eigenvalue weighted by Gasteiger charge is 2.46. The number of methoxy groups -OCH3 is 2. The van der Waals surface area contributed by atoms with Gasteiger partial charge in [0.1, 0.15) is 17.6 Å². The quantitative estimate of drug-likeness (QED) is 0.186. The topological polar surface area (TPSA) is 162 Å². The molecule has 63 heavy (non-hydrogen) atoms. The fraction of sp³-hybridized carbons (Fsp3) is 0.578. The summed E-state index contributed by atoms with van der Waals surface area (Å²) in [6, 6.07) is 9.61. The number of alkyl carbamates (subject to hydrolysis) is 1. The van der Waals surface area contributed by atoms with Gasteiger partial charge in [0, 0.05) is 88.6 Å². The number of anilines is 1. The number of carbonyl (C=O) groups excluding carboxylic acids is 4. The summed E-state index contributed by atoms with van der Waals surface area (Å²) < 4.78 is 56.1. The third-order valence-electron chi connectivity index (χ3n) is 13.4. The molecule has 4 aliphatic rings. The number of imidazole rings is 1. The van der Waals surface area contributed by atoms with Crippen molar-refractivity contribution in [1.29, 1.82) is 0 Å². The van der Waals surface area contributed by atoms with Gasteiger partial charge in [0.15, 0.2) is 0 Å². The number of carbonyl (C=O) groups is 4. The Morgan fingerprint density at radius 1 is 0.905 bits per heavy atom. The number of alkyl halides is 3. The fourth-order valence-corrected chi connectivity index (χ4v) is 9.37. The molecule has 4 heterocycles. The molecular formula is C45H59F3N8O7. The van der Waals surface area contributed by atoms with Crippen LogP contribution in [0.25, 0.3) is 22.4 Å². The number of piperidine rings is 1. The summed E-state index contributed by atoms with van der Waals surface area (Å²) in [5.74, 6) is -0.0896.